The molecule has 2 fully saturated rings. The molecule has 0 radical (unpaired) electrons. The third-order valence-corrected chi connectivity index (χ3v) is 4.57. The normalized spacial score (nSPS) is 22.2. The lowest BCUT2D eigenvalue weighted by atomic mass is 10.1. The van der Waals surface area contributed by atoms with Crippen molar-refractivity contribution in [2.24, 2.45) is 0 Å². The van der Waals surface area contributed by atoms with Crippen LogP contribution in [0.3, 0.4) is 0 Å². The molecule has 0 spiro atoms. The van der Waals surface area contributed by atoms with Gasteiger partial charge in [-0.3, -0.25) is 4.68 Å². The second kappa shape index (κ2) is 7.64. The number of ether oxygens (including phenoxy) is 2. The molecule has 0 bridgehead atoms. The van der Waals surface area contributed by atoms with Crippen molar-refractivity contribution in [1.29, 1.82) is 0 Å². The van der Waals surface area contributed by atoms with Crippen LogP contribution in [0, 0.1) is 0 Å². The molecule has 2 aliphatic rings. The number of rotatable bonds is 4. The molecule has 1 unspecified atom stereocenters. The number of carbonyl (C=O) groups excluding carboxylic acids is 1. The third-order valence-electron chi connectivity index (χ3n) is 4.57. The fourth-order valence-electron chi connectivity index (χ4n) is 3.30. The van der Waals surface area contributed by atoms with Crippen molar-refractivity contribution >= 4 is 11.8 Å². The largest absolute Gasteiger partial charge is 0.444 e. The van der Waals surface area contributed by atoms with Crippen LogP contribution in [0.2, 0.25) is 0 Å². The molecule has 3 heterocycles. The fourth-order valence-corrected chi connectivity index (χ4v) is 3.30. The van der Waals surface area contributed by atoms with Crippen LogP contribution in [0.15, 0.2) is 12.4 Å². The second-order valence-corrected chi connectivity index (χ2v) is 7.97. The molecule has 0 aromatic carbocycles. The zero-order valence-corrected chi connectivity index (χ0v) is 15.5. The lowest BCUT2D eigenvalue weighted by Gasteiger charge is -2.33. The number of carbonyl (C=O) groups is 1. The number of likely N-dealkylation sites (tertiary alicyclic amines) is 1. The van der Waals surface area contributed by atoms with Gasteiger partial charge in [-0.2, -0.15) is 5.10 Å². The van der Waals surface area contributed by atoms with Crippen LogP contribution in [0.5, 0.6) is 0 Å². The Kier molecular flexibility index (Phi) is 5.51. The first-order valence-electron chi connectivity index (χ1n) is 9.27. The first kappa shape index (κ1) is 18.0. The minimum Gasteiger partial charge on any atom is -0.444 e. The van der Waals surface area contributed by atoms with Crippen molar-refractivity contribution in [3.05, 3.63) is 12.4 Å². The van der Waals surface area contributed by atoms with Crippen LogP contribution >= 0.6 is 0 Å². The molecule has 2 aliphatic heterocycles. The van der Waals surface area contributed by atoms with Gasteiger partial charge in [-0.1, -0.05) is 0 Å². The van der Waals surface area contributed by atoms with Crippen molar-refractivity contribution in [3.63, 3.8) is 0 Å². The van der Waals surface area contributed by atoms with E-state index in [1.54, 1.807) is 4.90 Å². The van der Waals surface area contributed by atoms with E-state index >= 15 is 0 Å². The molecule has 1 aromatic heterocycles. The molecule has 1 atom stereocenters. The fraction of sp³-hybridized carbons (Fsp3) is 0.778. The molecule has 2 saturated heterocycles. The SMILES string of the molecule is CC(C)(C)OC(=O)N1CCC(Nc2cnn(CC3CCCO3)c2)CC1. The summed E-state index contributed by atoms with van der Waals surface area (Å²) in [7, 11) is 0. The van der Waals surface area contributed by atoms with E-state index in [4.69, 9.17) is 9.47 Å². The molecule has 1 amide bonds. The average Bonchev–Trinajstić information content (AvgIpc) is 3.19. The summed E-state index contributed by atoms with van der Waals surface area (Å²) in [4.78, 5) is 13.9. The maximum Gasteiger partial charge on any atom is 0.410 e. The Bertz CT molecular complexity index is 567. The highest BCUT2D eigenvalue weighted by Gasteiger charge is 2.27. The van der Waals surface area contributed by atoms with Gasteiger partial charge in [-0.15, -0.1) is 0 Å². The van der Waals surface area contributed by atoms with Crippen LogP contribution in [0.4, 0.5) is 10.5 Å². The van der Waals surface area contributed by atoms with E-state index in [0.29, 0.717) is 12.1 Å². The summed E-state index contributed by atoms with van der Waals surface area (Å²) in [5, 5.41) is 7.95. The Labute approximate surface area is 149 Å². The van der Waals surface area contributed by atoms with Crippen LogP contribution in [0.1, 0.15) is 46.5 Å². The molecule has 3 rings (SSSR count). The van der Waals surface area contributed by atoms with Crippen molar-refractivity contribution in [1.82, 2.24) is 14.7 Å². The summed E-state index contributed by atoms with van der Waals surface area (Å²) >= 11 is 0. The molecule has 0 saturated carbocycles. The van der Waals surface area contributed by atoms with Gasteiger partial charge < -0.3 is 19.7 Å². The van der Waals surface area contributed by atoms with E-state index in [1.807, 2.05) is 37.8 Å². The number of amides is 1. The van der Waals surface area contributed by atoms with Crippen LogP contribution in [-0.4, -0.2) is 58.2 Å². The van der Waals surface area contributed by atoms with E-state index in [1.165, 1.54) is 0 Å². The van der Waals surface area contributed by atoms with Gasteiger partial charge in [-0.05, 0) is 46.5 Å². The number of hydrogen-bond acceptors (Lipinski definition) is 5. The summed E-state index contributed by atoms with van der Waals surface area (Å²) in [6, 6.07) is 0.360. The van der Waals surface area contributed by atoms with Crippen LogP contribution in [0.25, 0.3) is 0 Å². The predicted molar refractivity (Wildman–Crippen MR) is 95.7 cm³/mol. The first-order valence-corrected chi connectivity index (χ1v) is 9.27. The molecular weight excluding hydrogens is 320 g/mol. The van der Waals surface area contributed by atoms with Gasteiger partial charge in [0.2, 0.25) is 0 Å². The monoisotopic (exact) mass is 350 g/mol. The van der Waals surface area contributed by atoms with Crippen LogP contribution in [-0.2, 0) is 16.0 Å². The van der Waals surface area contributed by atoms with E-state index in [0.717, 1.165) is 57.6 Å². The maximum absolute atomic E-state index is 12.1. The minimum absolute atomic E-state index is 0.213. The molecule has 7 heteroatoms. The number of piperidine rings is 1. The van der Waals surface area contributed by atoms with Crippen molar-refractivity contribution in [2.75, 3.05) is 25.0 Å². The number of hydrogen-bond donors (Lipinski definition) is 1. The topological polar surface area (TPSA) is 68.6 Å². The summed E-state index contributed by atoms with van der Waals surface area (Å²) in [5.74, 6) is 0. The van der Waals surface area contributed by atoms with E-state index in [2.05, 4.69) is 10.4 Å². The smallest absolute Gasteiger partial charge is 0.410 e. The van der Waals surface area contributed by atoms with Crippen molar-refractivity contribution in [3.8, 4) is 0 Å². The highest BCUT2D eigenvalue weighted by molar-refractivity contribution is 5.68. The van der Waals surface area contributed by atoms with Crippen molar-refractivity contribution in [2.45, 2.75) is 70.7 Å². The Balaban J connectivity index is 1.43. The molecule has 140 valence electrons. The maximum atomic E-state index is 12.1. The number of aromatic nitrogens is 2. The molecular formula is C18H30N4O3. The molecule has 1 N–H and O–H groups in total. The number of anilines is 1. The third kappa shape index (κ3) is 5.36. The lowest BCUT2D eigenvalue weighted by molar-refractivity contribution is 0.0210. The second-order valence-electron chi connectivity index (χ2n) is 7.97. The minimum atomic E-state index is -0.441. The summed E-state index contributed by atoms with van der Waals surface area (Å²) < 4.78 is 13.0. The summed E-state index contributed by atoms with van der Waals surface area (Å²) in [5.41, 5.74) is 0.595. The van der Waals surface area contributed by atoms with E-state index in [-0.39, 0.29) is 6.09 Å². The molecule has 0 aliphatic carbocycles. The van der Waals surface area contributed by atoms with Crippen LogP contribution < -0.4 is 5.32 Å². The summed E-state index contributed by atoms with van der Waals surface area (Å²) in [6.07, 6.45) is 8.09. The number of nitrogens with zero attached hydrogens (tertiary/aromatic N) is 3. The van der Waals surface area contributed by atoms with E-state index < -0.39 is 5.60 Å². The van der Waals surface area contributed by atoms with Gasteiger partial charge >= 0.3 is 6.09 Å². The zero-order valence-electron chi connectivity index (χ0n) is 15.5. The summed E-state index contributed by atoms with van der Waals surface area (Å²) in [6.45, 7) is 8.81. The Morgan fingerprint density at radius 3 is 2.76 bits per heavy atom. The van der Waals surface area contributed by atoms with Gasteiger partial charge in [0.05, 0.1) is 24.5 Å². The number of nitrogens with one attached hydrogen (secondary N) is 1. The van der Waals surface area contributed by atoms with E-state index in [9.17, 15) is 4.79 Å². The highest BCUT2D eigenvalue weighted by Crippen LogP contribution is 2.19. The lowest BCUT2D eigenvalue weighted by Crippen LogP contribution is -2.44. The Hall–Kier alpha value is -1.76. The van der Waals surface area contributed by atoms with Gasteiger partial charge in [0.25, 0.3) is 0 Å². The van der Waals surface area contributed by atoms with Gasteiger partial charge in [0, 0.05) is 31.9 Å². The predicted octanol–water partition coefficient (Wildman–Crippen LogP) is 2.87. The van der Waals surface area contributed by atoms with Gasteiger partial charge in [-0.25, -0.2) is 4.79 Å². The Morgan fingerprint density at radius 1 is 1.36 bits per heavy atom. The quantitative estimate of drug-likeness (QED) is 0.904. The average molecular weight is 350 g/mol. The zero-order chi connectivity index (χ0) is 17.9. The standard InChI is InChI=1S/C18H30N4O3/c1-18(2,3)25-17(23)21-8-6-14(7-9-21)20-15-11-19-22(12-15)13-16-5-4-10-24-16/h11-12,14,16,20H,4-10,13H2,1-3H3. The first-order chi connectivity index (χ1) is 11.9. The molecule has 25 heavy (non-hydrogen) atoms. The highest BCUT2D eigenvalue weighted by atomic mass is 16.6. The Morgan fingerprint density at radius 2 is 2.12 bits per heavy atom. The van der Waals surface area contributed by atoms with Crippen molar-refractivity contribution < 1.29 is 14.3 Å². The van der Waals surface area contributed by atoms with Gasteiger partial charge in [0.15, 0.2) is 0 Å². The van der Waals surface area contributed by atoms with Gasteiger partial charge in [0.1, 0.15) is 5.60 Å². The molecule has 7 nitrogen and oxygen atoms in total. The molecule has 1 aromatic rings.